The van der Waals surface area contributed by atoms with E-state index in [-0.39, 0.29) is 11.9 Å². The second-order valence-electron chi connectivity index (χ2n) is 2.65. The average Bonchev–Trinajstić information content (AvgIpc) is 2.09. The van der Waals surface area contributed by atoms with Crippen LogP contribution in [0.4, 0.5) is 10.1 Å². The molecule has 0 aliphatic carbocycles. The molecule has 0 amide bonds. The summed E-state index contributed by atoms with van der Waals surface area (Å²) in [4.78, 5) is 0. The summed E-state index contributed by atoms with van der Waals surface area (Å²) < 4.78 is 13.0. The Bertz CT molecular complexity index is 270. The van der Waals surface area contributed by atoms with Gasteiger partial charge < -0.3 is 5.32 Å². The highest BCUT2D eigenvalue weighted by Gasteiger charge is 2.00. The second kappa shape index (κ2) is 3.90. The zero-order valence-electron chi connectivity index (χ0n) is 7.05. The Labute approximate surface area is 71.9 Å². The van der Waals surface area contributed by atoms with E-state index >= 15 is 0 Å². The van der Waals surface area contributed by atoms with Gasteiger partial charge in [-0.3, -0.25) is 0 Å². The van der Waals surface area contributed by atoms with Crippen molar-refractivity contribution in [1.29, 1.82) is 0 Å². The van der Waals surface area contributed by atoms with Gasteiger partial charge in [-0.25, -0.2) is 4.39 Å². The number of benzene rings is 1. The Balaban J connectivity index is 2.75. The van der Waals surface area contributed by atoms with Gasteiger partial charge in [0.15, 0.2) is 0 Å². The predicted octanol–water partition coefficient (Wildman–Crippen LogP) is 2.81. The van der Waals surface area contributed by atoms with Crippen molar-refractivity contribution in [2.45, 2.75) is 13.0 Å². The van der Waals surface area contributed by atoms with Gasteiger partial charge in [-0.15, -0.1) is 6.58 Å². The molecule has 0 saturated carbocycles. The molecule has 0 aromatic heterocycles. The Morgan fingerprint density at radius 2 is 2.17 bits per heavy atom. The summed E-state index contributed by atoms with van der Waals surface area (Å²) in [7, 11) is 0. The monoisotopic (exact) mass is 165 g/mol. The van der Waals surface area contributed by atoms with Gasteiger partial charge in [-0.1, -0.05) is 18.2 Å². The summed E-state index contributed by atoms with van der Waals surface area (Å²) in [6, 6.07) is 6.68. The van der Waals surface area contributed by atoms with Crippen LogP contribution in [0.1, 0.15) is 6.92 Å². The molecule has 1 nitrogen and oxygen atoms in total. The summed E-state index contributed by atoms with van der Waals surface area (Å²) in [5.41, 5.74) is 0.518. The normalized spacial score (nSPS) is 12.2. The lowest BCUT2D eigenvalue weighted by molar-refractivity contribution is 0.629. The molecule has 0 aliphatic heterocycles. The van der Waals surface area contributed by atoms with Crippen molar-refractivity contribution in [3.8, 4) is 0 Å². The van der Waals surface area contributed by atoms with Gasteiger partial charge in [0.05, 0.1) is 5.69 Å². The van der Waals surface area contributed by atoms with E-state index < -0.39 is 0 Å². The lowest BCUT2D eigenvalue weighted by atomic mass is 10.2. The predicted molar refractivity (Wildman–Crippen MR) is 49.7 cm³/mol. The first kappa shape index (κ1) is 8.78. The zero-order valence-corrected chi connectivity index (χ0v) is 7.05. The Kier molecular flexibility index (Phi) is 2.86. The second-order valence-corrected chi connectivity index (χ2v) is 2.65. The highest BCUT2D eigenvalue weighted by molar-refractivity contribution is 5.45. The molecule has 0 bridgehead atoms. The van der Waals surface area contributed by atoms with Crippen molar-refractivity contribution in [3.63, 3.8) is 0 Å². The van der Waals surface area contributed by atoms with Gasteiger partial charge in [-0.2, -0.15) is 0 Å². The van der Waals surface area contributed by atoms with E-state index in [1.54, 1.807) is 24.3 Å². The molecule has 0 saturated heterocycles. The molecule has 0 heterocycles. The molecule has 2 heteroatoms. The van der Waals surface area contributed by atoms with Crippen LogP contribution in [0.2, 0.25) is 0 Å². The molecular weight excluding hydrogens is 153 g/mol. The zero-order chi connectivity index (χ0) is 8.97. The lowest BCUT2D eigenvalue weighted by Crippen LogP contribution is -2.12. The topological polar surface area (TPSA) is 12.0 Å². The Morgan fingerprint density at radius 3 is 2.75 bits per heavy atom. The Hall–Kier alpha value is -1.31. The van der Waals surface area contributed by atoms with Crippen LogP contribution >= 0.6 is 0 Å². The molecule has 1 aromatic carbocycles. The first-order valence-corrected chi connectivity index (χ1v) is 3.87. The van der Waals surface area contributed by atoms with E-state index in [0.29, 0.717) is 5.69 Å². The van der Waals surface area contributed by atoms with Crippen molar-refractivity contribution in [2.24, 2.45) is 0 Å². The van der Waals surface area contributed by atoms with Crippen LogP contribution in [0.5, 0.6) is 0 Å². The van der Waals surface area contributed by atoms with Crippen LogP contribution in [-0.4, -0.2) is 6.04 Å². The van der Waals surface area contributed by atoms with Gasteiger partial charge in [0.1, 0.15) is 5.82 Å². The van der Waals surface area contributed by atoms with E-state index in [9.17, 15) is 4.39 Å². The minimum atomic E-state index is -0.230. The lowest BCUT2D eigenvalue weighted by Gasteiger charge is -2.10. The largest absolute Gasteiger partial charge is 0.377 e. The fourth-order valence-electron chi connectivity index (χ4n) is 0.882. The summed E-state index contributed by atoms with van der Waals surface area (Å²) in [5, 5.41) is 2.97. The van der Waals surface area contributed by atoms with Crippen molar-refractivity contribution in [2.75, 3.05) is 5.32 Å². The van der Waals surface area contributed by atoms with Crippen LogP contribution in [-0.2, 0) is 0 Å². The van der Waals surface area contributed by atoms with E-state index in [1.165, 1.54) is 6.07 Å². The van der Waals surface area contributed by atoms with Crippen LogP contribution in [0.15, 0.2) is 36.9 Å². The van der Waals surface area contributed by atoms with Gasteiger partial charge in [0, 0.05) is 6.04 Å². The number of halogens is 1. The molecule has 0 radical (unpaired) electrons. The quantitative estimate of drug-likeness (QED) is 0.679. The molecule has 0 spiro atoms. The van der Waals surface area contributed by atoms with Crippen molar-refractivity contribution in [3.05, 3.63) is 42.7 Å². The SMILES string of the molecule is C=CC(C)Nc1ccccc1F. The molecule has 1 aromatic rings. The standard InChI is InChI=1S/C10H12FN/c1-3-8(2)12-10-7-5-4-6-9(10)11/h3-8,12H,1H2,2H3. The van der Waals surface area contributed by atoms with Crippen molar-refractivity contribution >= 4 is 5.69 Å². The summed E-state index contributed by atoms with van der Waals surface area (Å²) in [6.07, 6.45) is 1.73. The third kappa shape index (κ3) is 2.09. The molecule has 1 unspecified atom stereocenters. The number of hydrogen-bond acceptors (Lipinski definition) is 1. The summed E-state index contributed by atoms with van der Waals surface area (Å²) in [6.45, 7) is 5.52. The fraction of sp³-hybridized carbons (Fsp3) is 0.200. The van der Waals surface area contributed by atoms with Crippen molar-refractivity contribution < 1.29 is 4.39 Å². The number of para-hydroxylation sites is 1. The number of rotatable bonds is 3. The minimum absolute atomic E-state index is 0.0851. The molecule has 0 fully saturated rings. The Morgan fingerprint density at radius 1 is 1.50 bits per heavy atom. The molecule has 12 heavy (non-hydrogen) atoms. The van der Waals surface area contributed by atoms with E-state index in [4.69, 9.17) is 0 Å². The summed E-state index contributed by atoms with van der Waals surface area (Å²) >= 11 is 0. The molecule has 0 aliphatic rings. The van der Waals surface area contributed by atoms with Gasteiger partial charge in [0.25, 0.3) is 0 Å². The third-order valence-electron chi connectivity index (χ3n) is 1.61. The van der Waals surface area contributed by atoms with Crippen LogP contribution in [0.3, 0.4) is 0 Å². The maximum Gasteiger partial charge on any atom is 0.146 e. The van der Waals surface area contributed by atoms with E-state index in [0.717, 1.165) is 0 Å². The van der Waals surface area contributed by atoms with E-state index in [1.807, 2.05) is 6.92 Å². The number of nitrogens with one attached hydrogen (secondary N) is 1. The third-order valence-corrected chi connectivity index (χ3v) is 1.61. The first-order chi connectivity index (χ1) is 5.74. The maximum atomic E-state index is 13.0. The highest BCUT2D eigenvalue weighted by Crippen LogP contribution is 2.13. The molecule has 1 rings (SSSR count). The van der Waals surface area contributed by atoms with Crippen LogP contribution in [0, 0.1) is 5.82 Å². The minimum Gasteiger partial charge on any atom is -0.377 e. The summed E-state index contributed by atoms with van der Waals surface area (Å²) in [5.74, 6) is -0.230. The van der Waals surface area contributed by atoms with Gasteiger partial charge >= 0.3 is 0 Å². The van der Waals surface area contributed by atoms with Gasteiger partial charge in [0.2, 0.25) is 0 Å². The maximum absolute atomic E-state index is 13.0. The molecule has 64 valence electrons. The number of hydrogen-bond donors (Lipinski definition) is 1. The smallest absolute Gasteiger partial charge is 0.146 e. The van der Waals surface area contributed by atoms with Gasteiger partial charge in [-0.05, 0) is 19.1 Å². The van der Waals surface area contributed by atoms with Crippen LogP contribution in [0.25, 0.3) is 0 Å². The number of anilines is 1. The molecule has 1 N–H and O–H groups in total. The highest BCUT2D eigenvalue weighted by atomic mass is 19.1. The molecular formula is C10H12FN. The van der Waals surface area contributed by atoms with E-state index in [2.05, 4.69) is 11.9 Å². The molecule has 1 atom stereocenters. The average molecular weight is 165 g/mol. The van der Waals surface area contributed by atoms with Crippen LogP contribution < -0.4 is 5.32 Å². The first-order valence-electron chi connectivity index (χ1n) is 3.87. The van der Waals surface area contributed by atoms with Crippen molar-refractivity contribution in [1.82, 2.24) is 0 Å². The fourth-order valence-corrected chi connectivity index (χ4v) is 0.882.